The molecule has 1 N–H and O–H groups in total. The molecule has 7 aliphatic rings. The third kappa shape index (κ3) is 1.80. The van der Waals surface area contributed by atoms with Gasteiger partial charge in [-0.1, -0.05) is 13.8 Å². The quantitative estimate of drug-likeness (QED) is 0.700. The van der Waals surface area contributed by atoms with Gasteiger partial charge in [0.2, 0.25) is 0 Å². The maximum absolute atomic E-state index is 12.4. The van der Waals surface area contributed by atoms with Crippen LogP contribution in [0.4, 0.5) is 0 Å². The summed E-state index contributed by atoms with van der Waals surface area (Å²) in [7, 11) is 5.54. The number of aliphatic hydroxyl groups excluding tert-OH is 1. The van der Waals surface area contributed by atoms with Gasteiger partial charge in [0, 0.05) is 57.5 Å². The summed E-state index contributed by atoms with van der Waals surface area (Å²) in [6.07, 6.45) is 3.60. The van der Waals surface area contributed by atoms with Crippen molar-refractivity contribution in [2.24, 2.45) is 34.5 Å². The van der Waals surface area contributed by atoms with Gasteiger partial charge >= 0.3 is 0 Å². The highest BCUT2D eigenvalue weighted by Crippen LogP contribution is 2.82. The van der Waals surface area contributed by atoms with Crippen LogP contribution in [-0.4, -0.2) is 92.9 Å². The van der Waals surface area contributed by atoms with Gasteiger partial charge in [0.25, 0.3) is 0 Å². The van der Waals surface area contributed by atoms with Gasteiger partial charge in [0.05, 0.1) is 30.5 Å². The first-order valence-electron chi connectivity index (χ1n) is 12.7. The van der Waals surface area contributed by atoms with E-state index in [0.717, 1.165) is 38.8 Å². The minimum atomic E-state index is -0.767. The molecule has 3 spiro atoms. The highest BCUT2D eigenvalue weighted by molar-refractivity contribution is 5.42. The SMILES string of the molecule is CCN1C[C@]2(C)CC[C@H](OC)[C@@]34C1[C@]1(OCO[C@@]15C[C@H](OC)[C@H]1C[C@@H]3[C@@H]5[C@H]1OC)[C@@H](O)[C@H]24. The van der Waals surface area contributed by atoms with Gasteiger partial charge in [-0.3, -0.25) is 4.90 Å². The van der Waals surface area contributed by atoms with E-state index in [2.05, 4.69) is 18.7 Å². The fraction of sp³-hybridized carbons (Fsp3) is 1.00. The summed E-state index contributed by atoms with van der Waals surface area (Å²) in [6, 6.07) is 0.0916. The minimum Gasteiger partial charge on any atom is -0.390 e. The number of fused-ring (bicyclic) bond motifs is 1. The second-order valence-electron chi connectivity index (χ2n) is 12.1. The monoisotopic (exact) mass is 449 g/mol. The van der Waals surface area contributed by atoms with Gasteiger partial charge in [0.15, 0.2) is 0 Å². The van der Waals surface area contributed by atoms with E-state index < -0.39 is 17.3 Å². The molecule has 5 saturated carbocycles. The molecule has 2 heterocycles. The molecule has 2 aliphatic heterocycles. The van der Waals surface area contributed by atoms with E-state index >= 15 is 0 Å². The van der Waals surface area contributed by atoms with Crippen LogP contribution in [0.25, 0.3) is 0 Å². The third-order valence-corrected chi connectivity index (χ3v) is 11.8. The Labute approximate surface area is 191 Å². The molecular weight excluding hydrogens is 410 g/mol. The van der Waals surface area contributed by atoms with E-state index in [1.807, 2.05) is 21.3 Å². The normalized spacial score (nSPS) is 64.1. The van der Waals surface area contributed by atoms with Crippen molar-refractivity contribution >= 4 is 0 Å². The molecule has 7 fully saturated rings. The first kappa shape index (κ1) is 21.0. The first-order valence-corrected chi connectivity index (χ1v) is 12.7. The number of likely N-dealkylation sites (N-methyl/N-ethyl adjacent to an activating group) is 1. The zero-order valence-corrected chi connectivity index (χ0v) is 20.1. The zero-order chi connectivity index (χ0) is 22.3. The molecule has 0 radical (unpaired) electrons. The molecule has 32 heavy (non-hydrogen) atoms. The van der Waals surface area contributed by atoms with Gasteiger partial charge in [-0.15, -0.1) is 0 Å². The van der Waals surface area contributed by atoms with Crippen LogP contribution in [0.5, 0.6) is 0 Å². The molecule has 7 bridgehead atoms. The third-order valence-electron chi connectivity index (χ3n) is 11.8. The molecule has 7 heteroatoms. The zero-order valence-electron chi connectivity index (χ0n) is 20.1. The summed E-state index contributed by atoms with van der Waals surface area (Å²) in [5.41, 5.74) is -1.48. The Morgan fingerprint density at radius 2 is 1.94 bits per heavy atom. The lowest BCUT2D eigenvalue weighted by Crippen LogP contribution is -2.80. The van der Waals surface area contributed by atoms with Crippen LogP contribution in [-0.2, 0) is 23.7 Å². The number of piperidine rings is 1. The topological polar surface area (TPSA) is 69.6 Å². The lowest BCUT2D eigenvalue weighted by atomic mass is 9.43. The molecule has 0 aromatic heterocycles. The lowest BCUT2D eigenvalue weighted by Gasteiger charge is -2.69. The number of methoxy groups -OCH3 is 3. The summed E-state index contributed by atoms with van der Waals surface area (Å²) >= 11 is 0. The molecular formula is C25H39NO6. The number of rotatable bonds is 4. The van der Waals surface area contributed by atoms with E-state index in [4.69, 9.17) is 23.7 Å². The van der Waals surface area contributed by atoms with Crippen molar-refractivity contribution in [3.63, 3.8) is 0 Å². The molecule has 0 aromatic rings. The molecule has 2 saturated heterocycles. The van der Waals surface area contributed by atoms with Gasteiger partial charge < -0.3 is 28.8 Å². The molecule has 7 rings (SSSR count). The summed E-state index contributed by atoms with van der Waals surface area (Å²) in [6.45, 7) is 6.87. The van der Waals surface area contributed by atoms with Crippen molar-refractivity contribution in [1.29, 1.82) is 0 Å². The van der Waals surface area contributed by atoms with Crippen LogP contribution in [0.15, 0.2) is 0 Å². The first-order chi connectivity index (χ1) is 15.4. The molecule has 180 valence electrons. The van der Waals surface area contributed by atoms with E-state index in [9.17, 15) is 5.11 Å². The van der Waals surface area contributed by atoms with Crippen LogP contribution in [0, 0.1) is 34.5 Å². The van der Waals surface area contributed by atoms with Crippen LogP contribution < -0.4 is 0 Å². The van der Waals surface area contributed by atoms with E-state index in [-0.39, 0.29) is 53.8 Å². The molecule has 5 aliphatic carbocycles. The van der Waals surface area contributed by atoms with Gasteiger partial charge in [-0.05, 0) is 37.1 Å². The predicted molar refractivity (Wildman–Crippen MR) is 115 cm³/mol. The smallest absolute Gasteiger partial charge is 0.148 e. The van der Waals surface area contributed by atoms with E-state index in [1.165, 1.54) is 0 Å². The second-order valence-corrected chi connectivity index (χ2v) is 12.1. The van der Waals surface area contributed by atoms with E-state index in [1.54, 1.807) is 0 Å². The highest BCUT2D eigenvalue weighted by Gasteiger charge is 2.93. The Hall–Kier alpha value is -0.280. The maximum Gasteiger partial charge on any atom is 0.148 e. The Morgan fingerprint density at radius 1 is 1.12 bits per heavy atom. The van der Waals surface area contributed by atoms with Crippen LogP contribution in [0.3, 0.4) is 0 Å². The number of likely N-dealkylation sites (tertiary alicyclic amines) is 1. The molecule has 13 atom stereocenters. The minimum absolute atomic E-state index is 0.0392. The van der Waals surface area contributed by atoms with Crippen LogP contribution >= 0.6 is 0 Å². The maximum atomic E-state index is 12.4. The van der Waals surface area contributed by atoms with Crippen molar-refractivity contribution in [2.75, 3.05) is 41.2 Å². The highest BCUT2D eigenvalue weighted by atomic mass is 16.7. The largest absolute Gasteiger partial charge is 0.390 e. The van der Waals surface area contributed by atoms with Crippen molar-refractivity contribution in [2.45, 2.75) is 81.2 Å². The van der Waals surface area contributed by atoms with Crippen LogP contribution in [0.1, 0.15) is 39.5 Å². The van der Waals surface area contributed by atoms with Crippen molar-refractivity contribution < 1.29 is 28.8 Å². The standard InChI is InChI=1S/C25H39NO6/c1-6-26-11-22(2)8-7-16(29-4)24-14-9-13-15(28-3)10-23(17(14)18(13)30-5)25(21(24)26,32-12-31-23)20(27)19(22)24/h13-21,27H,6-12H2,1-5H3/t13-,14-,15+,16+,17-,18+,19-,20+,21?,22+,23-,24+,25-/m1/s1. The average Bonchev–Trinajstić information content (AvgIpc) is 3.37. The average molecular weight is 450 g/mol. The number of hydrogen-bond acceptors (Lipinski definition) is 7. The number of hydrogen-bond donors (Lipinski definition) is 1. The Balaban J connectivity index is 1.56. The molecule has 0 aromatic carbocycles. The number of ether oxygens (including phenoxy) is 5. The van der Waals surface area contributed by atoms with Crippen molar-refractivity contribution in [1.82, 2.24) is 4.90 Å². The lowest BCUT2D eigenvalue weighted by molar-refractivity contribution is -0.282. The van der Waals surface area contributed by atoms with Crippen LogP contribution in [0.2, 0.25) is 0 Å². The summed E-state index contributed by atoms with van der Waals surface area (Å²) in [5.74, 6) is 1.05. The van der Waals surface area contributed by atoms with E-state index in [0.29, 0.717) is 11.8 Å². The fourth-order valence-corrected chi connectivity index (χ4v) is 11.5. The summed E-state index contributed by atoms with van der Waals surface area (Å²) in [5, 5.41) is 12.4. The predicted octanol–water partition coefficient (Wildman–Crippen LogP) is 1.66. The number of nitrogens with zero attached hydrogens (tertiary/aromatic N) is 1. The second kappa shape index (κ2) is 6.28. The molecule has 0 amide bonds. The number of aliphatic hydroxyl groups is 1. The Bertz CT molecular complexity index is 826. The van der Waals surface area contributed by atoms with Crippen molar-refractivity contribution in [3.05, 3.63) is 0 Å². The fourth-order valence-electron chi connectivity index (χ4n) is 11.5. The summed E-state index contributed by atoms with van der Waals surface area (Å²) in [4.78, 5) is 2.64. The van der Waals surface area contributed by atoms with Gasteiger partial charge in [-0.2, -0.15) is 0 Å². The van der Waals surface area contributed by atoms with Gasteiger partial charge in [-0.25, -0.2) is 0 Å². The Morgan fingerprint density at radius 3 is 2.62 bits per heavy atom. The molecule has 1 unspecified atom stereocenters. The van der Waals surface area contributed by atoms with Gasteiger partial charge in [0.1, 0.15) is 18.0 Å². The molecule has 7 nitrogen and oxygen atoms in total. The van der Waals surface area contributed by atoms with Crippen molar-refractivity contribution in [3.8, 4) is 0 Å². The summed E-state index contributed by atoms with van der Waals surface area (Å²) < 4.78 is 32.2. The Kier molecular flexibility index (Phi) is 4.13.